The van der Waals surface area contributed by atoms with Gasteiger partial charge in [-0.1, -0.05) is 19.8 Å². The topological polar surface area (TPSA) is 28.2 Å². The molecule has 3 nitrogen and oxygen atoms in total. The number of hydrogen-bond donors (Lipinski definition) is 1. The van der Waals surface area contributed by atoms with E-state index in [9.17, 15) is 0 Å². The van der Waals surface area contributed by atoms with E-state index in [1.165, 1.54) is 37.8 Å². The molecule has 0 aromatic carbocycles. The molecule has 1 aliphatic rings. The Kier molecular flexibility index (Phi) is 5.64. The summed E-state index contributed by atoms with van der Waals surface area (Å²) in [5.41, 5.74) is 1.38. The Hall–Kier alpha value is -1.09. The fourth-order valence-corrected chi connectivity index (χ4v) is 2.73. The Labute approximate surface area is 117 Å². The van der Waals surface area contributed by atoms with Crippen molar-refractivity contribution in [3.05, 3.63) is 23.9 Å². The third-order valence-corrected chi connectivity index (χ3v) is 3.96. The fraction of sp³-hybridized carbons (Fsp3) is 0.688. The summed E-state index contributed by atoms with van der Waals surface area (Å²) in [6, 6.07) is 5.06. The van der Waals surface area contributed by atoms with Crippen LogP contribution in [0.5, 0.6) is 0 Å². The molecule has 19 heavy (non-hydrogen) atoms. The lowest BCUT2D eigenvalue weighted by Crippen LogP contribution is -2.31. The van der Waals surface area contributed by atoms with Crippen LogP contribution in [0.15, 0.2) is 18.3 Å². The summed E-state index contributed by atoms with van der Waals surface area (Å²) in [4.78, 5) is 6.99. The van der Waals surface area contributed by atoms with Crippen molar-refractivity contribution in [1.82, 2.24) is 9.88 Å². The van der Waals surface area contributed by atoms with Gasteiger partial charge in [0.25, 0.3) is 0 Å². The summed E-state index contributed by atoms with van der Waals surface area (Å²) in [6.45, 7) is 7.83. The third kappa shape index (κ3) is 4.50. The van der Waals surface area contributed by atoms with Gasteiger partial charge in [0.05, 0.1) is 0 Å². The normalized spacial score (nSPS) is 21.1. The second-order valence-corrected chi connectivity index (χ2v) is 5.64. The molecule has 1 aromatic heterocycles. The average Bonchev–Trinajstić information content (AvgIpc) is 2.62. The van der Waals surface area contributed by atoms with Gasteiger partial charge in [0.1, 0.15) is 5.82 Å². The fourth-order valence-electron chi connectivity index (χ4n) is 2.73. The lowest BCUT2D eigenvalue weighted by Gasteiger charge is -2.27. The van der Waals surface area contributed by atoms with Crippen LogP contribution in [-0.4, -0.2) is 29.0 Å². The molecule has 1 fully saturated rings. The molecule has 1 unspecified atom stereocenters. The standard InChI is InChI=1S/C16H27N3/c1-3-9-17-16-12-15(8-10-18-16)13-19-11-6-4-5-7-14(19)2/h8,10,12,14H,3-7,9,11,13H2,1-2H3,(H,17,18). The van der Waals surface area contributed by atoms with Gasteiger partial charge >= 0.3 is 0 Å². The summed E-state index contributed by atoms with van der Waals surface area (Å²) in [5.74, 6) is 1.02. The van der Waals surface area contributed by atoms with Crippen LogP contribution in [0.25, 0.3) is 0 Å². The van der Waals surface area contributed by atoms with E-state index >= 15 is 0 Å². The van der Waals surface area contributed by atoms with Crippen molar-refractivity contribution in [2.75, 3.05) is 18.4 Å². The number of nitrogens with one attached hydrogen (secondary N) is 1. The van der Waals surface area contributed by atoms with Crippen molar-refractivity contribution >= 4 is 5.82 Å². The Bertz CT molecular complexity index is 378. The van der Waals surface area contributed by atoms with Crippen LogP contribution in [0.3, 0.4) is 0 Å². The molecular weight excluding hydrogens is 234 g/mol. The van der Waals surface area contributed by atoms with Crippen molar-refractivity contribution in [3.8, 4) is 0 Å². The molecule has 1 N–H and O–H groups in total. The first-order valence-corrected chi connectivity index (χ1v) is 7.72. The van der Waals surface area contributed by atoms with E-state index in [1.54, 1.807) is 0 Å². The molecule has 1 aliphatic heterocycles. The molecule has 1 saturated heterocycles. The largest absolute Gasteiger partial charge is 0.370 e. The monoisotopic (exact) mass is 261 g/mol. The maximum absolute atomic E-state index is 4.38. The highest BCUT2D eigenvalue weighted by Gasteiger charge is 2.16. The van der Waals surface area contributed by atoms with Crippen molar-refractivity contribution in [3.63, 3.8) is 0 Å². The van der Waals surface area contributed by atoms with Gasteiger partial charge in [0, 0.05) is 25.3 Å². The molecule has 0 spiro atoms. The van der Waals surface area contributed by atoms with Gasteiger partial charge in [-0.05, 0) is 50.4 Å². The SMILES string of the molecule is CCCNc1cc(CN2CCCCCC2C)ccn1. The third-order valence-electron chi connectivity index (χ3n) is 3.96. The average molecular weight is 261 g/mol. The summed E-state index contributed by atoms with van der Waals surface area (Å²) in [7, 11) is 0. The summed E-state index contributed by atoms with van der Waals surface area (Å²) in [5, 5.41) is 3.37. The van der Waals surface area contributed by atoms with Crippen LogP contribution >= 0.6 is 0 Å². The minimum atomic E-state index is 0.711. The van der Waals surface area contributed by atoms with Gasteiger partial charge in [0.15, 0.2) is 0 Å². The van der Waals surface area contributed by atoms with Gasteiger partial charge in [-0.15, -0.1) is 0 Å². The van der Waals surface area contributed by atoms with E-state index in [-0.39, 0.29) is 0 Å². The zero-order chi connectivity index (χ0) is 13.5. The lowest BCUT2D eigenvalue weighted by molar-refractivity contribution is 0.205. The first-order valence-electron chi connectivity index (χ1n) is 7.72. The van der Waals surface area contributed by atoms with E-state index in [4.69, 9.17) is 0 Å². The summed E-state index contributed by atoms with van der Waals surface area (Å²) >= 11 is 0. The molecule has 1 atom stereocenters. The molecular formula is C16H27N3. The zero-order valence-corrected chi connectivity index (χ0v) is 12.4. The minimum Gasteiger partial charge on any atom is -0.370 e. The van der Waals surface area contributed by atoms with Crippen molar-refractivity contribution in [2.45, 2.75) is 58.5 Å². The van der Waals surface area contributed by atoms with Crippen LogP contribution in [0, 0.1) is 0 Å². The van der Waals surface area contributed by atoms with Crippen LogP contribution < -0.4 is 5.32 Å². The molecule has 2 rings (SSSR count). The molecule has 0 bridgehead atoms. The quantitative estimate of drug-likeness (QED) is 0.876. The van der Waals surface area contributed by atoms with E-state index in [0.717, 1.165) is 25.3 Å². The predicted octanol–water partition coefficient (Wildman–Crippen LogP) is 3.67. The van der Waals surface area contributed by atoms with Gasteiger partial charge in [-0.25, -0.2) is 4.98 Å². The van der Waals surface area contributed by atoms with Crippen LogP contribution in [-0.2, 0) is 6.54 Å². The van der Waals surface area contributed by atoms with Gasteiger partial charge in [0.2, 0.25) is 0 Å². The smallest absolute Gasteiger partial charge is 0.126 e. The highest BCUT2D eigenvalue weighted by Crippen LogP contribution is 2.19. The number of anilines is 1. The van der Waals surface area contributed by atoms with E-state index in [2.05, 4.69) is 41.2 Å². The van der Waals surface area contributed by atoms with Crippen LogP contribution in [0.4, 0.5) is 5.82 Å². The van der Waals surface area contributed by atoms with Crippen molar-refractivity contribution in [1.29, 1.82) is 0 Å². The number of hydrogen-bond acceptors (Lipinski definition) is 3. The molecule has 0 amide bonds. The lowest BCUT2D eigenvalue weighted by atomic mass is 10.1. The Morgan fingerprint density at radius 1 is 1.37 bits per heavy atom. The van der Waals surface area contributed by atoms with Gasteiger partial charge < -0.3 is 5.32 Å². The molecule has 0 radical (unpaired) electrons. The molecule has 0 saturated carbocycles. The first kappa shape index (κ1) is 14.3. The number of rotatable bonds is 5. The van der Waals surface area contributed by atoms with Crippen molar-refractivity contribution < 1.29 is 0 Å². The first-order chi connectivity index (χ1) is 9.29. The molecule has 3 heteroatoms. The maximum atomic E-state index is 4.38. The Balaban J connectivity index is 1.97. The highest BCUT2D eigenvalue weighted by atomic mass is 15.1. The number of likely N-dealkylation sites (tertiary alicyclic amines) is 1. The highest BCUT2D eigenvalue weighted by molar-refractivity contribution is 5.37. The van der Waals surface area contributed by atoms with Crippen LogP contribution in [0.2, 0.25) is 0 Å². The molecule has 1 aromatic rings. The second kappa shape index (κ2) is 7.49. The number of aromatic nitrogens is 1. The van der Waals surface area contributed by atoms with E-state index in [0.29, 0.717) is 6.04 Å². The zero-order valence-electron chi connectivity index (χ0n) is 12.4. The molecule has 0 aliphatic carbocycles. The van der Waals surface area contributed by atoms with Gasteiger partial charge in [-0.2, -0.15) is 0 Å². The maximum Gasteiger partial charge on any atom is 0.126 e. The second-order valence-electron chi connectivity index (χ2n) is 5.64. The molecule has 106 valence electrons. The Morgan fingerprint density at radius 2 is 2.26 bits per heavy atom. The van der Waals surface area contributed by atoms with Crippen LogP contribution in [0.1, 0.15) is 51.5 Å². The van der Waals surface area contributed by atoms with Crippen molar-refractivity contribution in [2.24, 2.45) is 0 Å². The van der Waals surface area contributed by atoms with E-state index in [1.807, 2.05) is 6.20 Å². The number of nitrogens with zero attached hydrogens (tertiary/aromatic N) is 2. The number of pyridine rings is 1. The summed E-state index contributed by atoms with van der Waals surface area (Å²) in [6.07, 6.45) is 8.52. The Morgan fingerprint density at radius 3 is 3.11 bits per heavy atom. The summed E-state index contributed by atoms with van der Waals surface area (Å²) < 4.78 is 0. The van der Waals surface area contributed by atoms with E-state index < -0.39 is 0 Å². The minimum absolute atomic E-state index is 0.711. The predicted molar refractivity (Wildman–Crippen MR) is 81.4 cm³/mol. The van der Waals surface area contributed by atoms with Gasteiger partial charge in [-0.3, -0.25) is 4.90 Å². The molecule has 2 heterocycles.